The van der Waals surface area contributed by atoms with Crippen LogP contribution in [0, 0.1) is 13.8 Å². The van der Waals surface area contributed by atoms with Gasteiger partial charge in [0.05, 0.1) is 12.2 Å². The van der Waals surface area contributed by atoms with E-state index < -0.39 is 0 Å². The first-order chi connectivity index (χ1) is 14.1. The minimum Gasteiger partial charge on any atom is -0.488 e. The summed E-state index contributed by atoms with van der Waals surface area (Å²) in [6.07, 6.45) is 2.90. The van der Waals surface area contributed by atoms with Crippen molar-refractivity contribution >= 4 is 29.9 Å². The summed E-state index contributed by atoms with van der Waals surface area (Å²) in [6.45, 7) is 5.34. The van der Waals surface area contributed by atoms with E-state index in [-0.39, 0.29) is 30.1 Å². The van der Waals surface area contributed by atoms with Gasteiger partial charge in [-0.3, -0.25) is 4.99 Å². The van der Waals surface area contributed by atoms with Gasteiger partial charge in [-0.1, -0.05) is 24.3 Å². The molecule has 1 aliphatic rings. The van der Waals surface area contributed by atoms with Crippen LogP contribution in [0.4, 0.5) is 0 Å². The monoisotopic (exact) mass is 518 g/mol. The molecule has 1 atom stereocenters. The minimum absolute atomic E-state index is 0. The quantitative estimate of drug-likeness (QED) is 0.309. The van der Waals surface area contributed by atoms with Crippen LogP contribution in [0.2, 0.25) is 0 Å². The number of para-hydroxylation sites is 1. The first-order valence-electron chi connectivity index (χ1n) is 9.80. The van der Waals surface area contributed by atoms with Gasteiger partial charge in [0.15, 0.2) is 11.8 Å². The molecule has 0 saturated heterocycles. The molecule has 0 bridgehead atoms. The highest BCUT2D eigenvalue weighted by atomic mass is 127. The maximum absolute atomic E-state index is 5.97. The van der Waals surface area contributed by atoms with Crippen LogP contribution in [-0.2, 0) is 13.0 Å². The Balaban J connectivity index is 0.00000256. The average Bonchev–Trinajstić information content (AvgIpc) is 3.30. The number of rotatable bonds is 5. The second-order valence-electron chi connectivity index (χ2n) is 7.22. The number of guanidine groups is 1. The van der Waals surface area contributed by atoms with Gasteiger partial charge < -0.3 is 15.4 Å². The summed E-state index contributed by atoms with van der Waals surface area (Å²) in [5, 5.41) is 11.1. The second-order valence-corrected chi connectivity index (χ2v) is 7.22. The van der Waals surface area contributed by atoms with Crippen LogP contribution in [-0.4, -0.2) is 40.4 Å². The third-order valence-electron chi connectivity index (χ3n) is 4.93. The molecule has 0 fully saturated rings. The van der Waals surface area contributed by atoms with Crippen molar-refractivity contribution in [3.05, 3.63) is 71.2 Å². The van der Waals surface area contributed by atoms with Crippen molar-refractivity contribution in [3.63, 3.8) is 0 Å². The molecular weight excluding hydrogens is 491 g/mol. The Labute approximate surface area is 194 Å². The molecule has 2 aromatic heterocycles. The molecule has 1 unspecified atom stereocenters. The first-order valence-corrected chi connectivity index (χ1v) is 9.80. The molecule has 8 heteroatoms. The summed E-state index contributed by atoms with van der Waals surface area (Å²) < 4.78 is 7.82. The zero-order valence-electron chi connectivity index (χ0n) is 17.4. The Morgan fingerprint density at radius 3 is 2.70 bits per heavy atom. The number of pyridine rings is 1. The van der Waals surface area contributed by atoms with Gasteiger partial charge in [0.1, 0.15) is 11.9 Å². The number of benzene rings is 1. The third-order valence-corrected chi connectivity index (χ3v) is 4.93. The number of hydrogen-bond acceptors (Lipinski definition) is 4. The number of nitrogens with zero attached hydrogens (tertiary/aromatic N) is 4. The van der Waals surface area contributed by atoms with Crippen LogP contribution in [0.1, 0.15) is 22.5 Å². The molecule has 1 aliphatic heterocycles. The normalized spacial score (nSPS) is 15.2. The molecule has 0 aliphatic carbocycles. The van der Waals surface area contributed by atoms with Crippen LogP contribution >= 0.6 is 24.0 Å². The summed E-state index contributed by atoms with van der Waals surface area (Å²) in [7, 11) is 1.77. The van der Waals surface area contributed by atoms with Crippen molar-refractivity contribution in [2.24, 2.45) is 4.99 Å². The van der Waals surface area contributed by atoms with Crippen LogP contribution in [0.15, 0.2) is 53.7 Å². The molecule has 3 aromatic rings. The van der Waals surface area contributed by atoms with Crippen molar-refractivity contribution in [2.75, 3.05) is 13.6 Å². The molecule has 30 heavy (non-hydrogen) atoms. The lowest BCUT2D eigenvalue weighted by Gasteiger charge is -2.15. The van der Waals surface area contributed by atoms with E-state index in [0.717, 1.165) is 40.9 Å². The molecule has 3 heterocycles. The Hall–Kier alpha value is -2.62. The van der Waals surface area contributed by atoms with Gasteiger partial charge in [-0.05, 0) is 43.2 Å². The van der Waals surface area contributed by atoms with Gasteiger partial charge >= 0.3 is 0 Å². The van der Waals surface area contributed by atoms with Gasteiger partial charge in [0.25, 0.3) is 0 Å². The van der Waals surface area contributed by atoms with Crippen LogP contribution < -0.4 is 15.4 Å². The fraction of sp³-hybridized carbons (Fsp3) is 0.318. The fourth-order valence-electron chi connectivity index (χ4n) is 3.49. The standard InChI is InChI=1S/C22H26N6O.HI/c1-15-10-16(2)28(27-15)21-9-8-17(12-24-21)13-25-22(23-3)26-14-19-11-18-6-4-5-7-20(18)29-19;/h4-10,12,19H,11,13-14H2,1-3H3,(H2,23,25,26);1H. The highest BCUT2D eigenvalue weighted by Crippen LogP contribution is 2.27. The Bertz CT molecular complexity index is 990. The Morgan fingerprint density at radius 1 is 1.20 bits per heavy atom. The Kier molecular flexibility index (Phi) is 7.30. The zero-order chi connectivity index (χ0) is 20.2. The number of fused-ring (bicyclic) bond motifs is 1. The first kappa shape index (κ1) is 22.1. The van der Waals surface area contributed by atoms with Crippen molar-refractivity contribution in [1.29, 1.82) is 0 Å². The van der Waals surface area contributed by atoms with E-state index in [2.05, 4.69) is 37.8 Å². The van der Waals surface area contributed by atoms with Gasteiger partial charge in [-0.25, -0.2) is 9.67 Å². The van der Waals surface area contributed by atoms with Crippen molar-refractivity contribution in [1.82, 2.24) is 25.4 Å². The topological polar surface area (TPSA) is 76.4 Å². The number of nitrogens with one attached hydrogen (secondary N) is 2. The Morgan fingerprint density at radius 2 is 2.03 bits per heavy atom. The lowest BCUT2D eigenvalue weighted by atomic mass is 10.1. The molecule has 7 nitrogen and oxygen atoms in total. The number of halogens is 1. The summed E-state index contributed by atoms with van der Waals surface area (Å²) >= 11 is 0. The predicted molar refractivity (Wildman–Crippen MR) is 129 cm³/mol. The predicted octanol–water partition coefficient (Wildman–Crippen LogP) is 3.17. The van der Waals surface area contributed by atoms with Crippen LogP contribution in [0.5, 0.6) is 5.75 Å². The number of aliphatic imine (C=N–C) groups is 1. The molecular formula is C22H27IN6O. The van der Waals surface area contributed by atoms with E-state index in [0.29, 0.717) is 13.1 Å². The molecule has 0 spiro atoms. The van der Waals surface area contributed by atoms with Crippen molar-refractivity contribution < 1.29 is 4.74 Å². The lowest BCUT2D eigenvalue weighted by molar-refractivity contribution is 0.235. The summed E-state index contributed by atoms with van der Waals surface area (Å²) in [5.74, 6) is 2.54. The lowest BCUT2D eigenvalue weighted by Crippen LogP contribution is -2.41. The van der Waals surface area contributed by atoms with E-state index in [1.165, 1.54) is 5.56 Å². The molecule has 2 N–H and O–H groups in total. The van der Waals surface area contributed by atoms with E-state index in [9.17, 15) is 0 Å². The summed E-state index contributed by atoms with van der Waals surface area (Å²) in [5.41, 5.74) is 4.39. The van der Waals surface area contributed by atoms with Crippen molar-refractivity contribution in [2.45, 2.75) is 32.9 Å². The molecule has 158 valence electrons. The average molecular weight is 518 g/mol. The second kappa shape index (κ2) is 9.92. The molecule has 0 radical (unpaired) electrons. The maximum Gasteiger partial charge on any atom is 0.191 e. The van der Waals surface area contributed by atoms with E-state index >= 15 is 0 Å². The van der Waals surface area contributed by atoms with Crippen LogP contribution in [0.25, 0.3) is 5.82 Å². The SMILES string of the molecule is CN=C(NCc1ccc(-n2nc(C)cc2C)nc1)NCC1Cc2ccccc2O1.I. The summed E-state index contributed by atoms with van der Waals surface area (Å²) in [6, 6.07) is 14.3. The highest BCUT2D eigenvalue weighted by Gasteiger charge is 2.22. The largest absolute Gasteiger partial charge is 0.488 e. The van der Waals surface area contributed by atoms with E-state index in [1.54, 1.807) is 7.05 Å². The number of aryl methyl sites for hydroxylation is 2. The van der Waals surface area contributed by atoms with Gasteiger partial charge in [-0.2, -0.15) is 5.10 Å². The minimum atomic E-state index is 0. The number of aromatic nitrogens is 3. The van der Waals surface area contributed by atoms with Gasteiger partial charge in [-0.15, -0.1) is 24.0 Å². The van der Waals surface area contributed by atoms with Gasteiger partial charge in [0.2, 0.25) is 0 Å². The van der Waals surface area contributed by atoms with E-state index in [4.69, 9.17) is 4.74 Å². The molecule has 0 amide bonds. The number of hydrogen-bond donors (Lipinski definition) is 2. The molecule has 1 aromatic carbocycles. The fourth-order valence-corrected chi connectivity index (χ4v) is 3.49. The van der Waals surface area contributed by atoms with E-state index in [1.807, 2.05) is 55.1 Å². The van der Waals surface area contributed by atoms with Gasteiger partial charge in [0, 0.05) is 31.9 Å². The molecule has 0 saturated carbocycles. The molecule has 4 rings (SSSR count). The third kappa shape index (κ3) is 5.10. The smallest absolute Gasteiger partial charge is 0.191 e. The highest BCUT2D eigenvalue weighted by molar-refractivity contribution is 14.0. The number of ether oxygens (including phenoxy) is 1. The van der Waals surface area contributed by atoms with Crippen molar-refractivity contribution in [3.8, 4) is 11.6 Å². The zero-order valence-corrected chi connectivity index (χ0v) is 19.8. The maximum atomic E-state index is 5.97. The van der Waals surface area contributed by atoms with Crippen LogP contribution in [0.3, 0.4) is 0 Å². The summed E-state index contributed by atoms with van der Waals surface area (Å²) in [4.78, 5) is 8.84.